The van der Waals surface area contributed by atoms with Crippen LogP contribution in [0.1, 0.15) is 0 Å². The van der Waals surface area contributed by atoms with E-state index in [-0.39, 0.29) is 22.8 Å². The van der Waals surface area contributed by atoms with E-state index in [9.17, 15) is 18.0 Å². The number of carbonyl (C=O) groups is 2. The lowest BCUT2D eigenvalue weighted by Crippen LogP contribution is -2.37. The summed E-state index contributed by atoms with van der Waals surface area (Å²) in [5.74, 6) is -1.80. The molecule has 2 aliphatic rings. The number of hydrogen-bond donors (Lipinski definition) is 1. The molecule has 0 spiro atoms. The minimum atomic E-state index is -3.15. The van der Waals surface area contributed by atoms with E-state index in [1.165, 1.54) is 11.8 Å². The highest BCUT2D eigenvalue weighted by Gasteiger charge is 2.49. The molecule has 2 aliphatic heterocycles. The first-order valence-corrected chi connectivity index (χ1v) is 10.7. The Morgan fingerprint density at radius 2 is 1.96 bits per heavy atom. The Morgan fingerprint density at radius 1 is 1.27 bits per heavy atom. The van der Waals surface area contributed by atoms with Crippen molar-refractivity contribution in [2.75, 3.05) is 29.6 Å². The molecule has 0 aromatic heterocycles. The summed E-state index contributed by atoms with van der Waals surface area (Å²) in [7, 11) is -3.15. The van der Waals surface area contributed by atoms with Crippen molar-refractivity contribution < 1.29 is 27.9 Å². The van der Waals surface area contributed by atoms with Crippen molar-refractivity contribution in [3.05, 3.63) is 29.3 Å². The van der Waals surface area contributed by atoms with E-state index in [2.05, 4.69) is 4.99 Å². The number of aliphatic imine (C=N–C) groups is 1. The normalized spacial score (nSPS) is 25.4. The van der Waals surface area contributed by atoms with Crippen LogP contribution in [-0.4, -0.2) is 66.6 Å². The molecule has 1 amide bonds. The summed E-state index contributed by atoms with van der Waals surface area (Å²) >= 11 is 7.14. The first-order valence-electron chi connectivity index (χ1n) is 7.58. The number of carboxylic acid groups (broad SMARTS) is 1. The molecule has 2 heterocycles. The Labute approximate surface area is 159 Å². The number of ether oxygens (including phenoxy) is 1. The highest BCUT2D eigenvalue weighted by molar-refractivity contribution is 8.16. The highest BCUT2D eigenvalue weighted by Crippen LogP contribution is 2.41. The molecule has 3 rings (SSSR count). The smallest absolute Gasteiger partial charge is 0.329 e. The predicted molar refractivity (Wildman–Crippen MR) is 98.6 cm³/mol. The molecule has 0 radical (unpaired) electrons. The van der Waals surface area contributed by atoms with Gasteiger partial charge in [-0.1, -0.05) is 23.4 Å². The minimum Gasteiger partial charge on any atom is -0.480 e. The average molecular weight is 419 g/mol. The number of anilines is 1. The number of amidine groups is 1. The van der Waals surface area contributed by atoms with Gasteiger partial charge in [-0.2, -0.15) is 4.99 Å². The predicted octanol–water partition coefficient (Wildman–Crippen LogP) is 1.04. The molecule has 0 saturated carbocycles. The number of nitrogens with zero attached hydrogens (tertiary/aromatic N) is 2. The van der Waals surface area contributed by atoms with Gasteiger partial charge in [0, 0.05) is 16.0 Å². The van der Waals surface area contributed by atoms with Crippen LogP contribution in [0.2, 0.25) is 5.02 Å². The third-order valence-corrected chi connectivity index (χ3v) is 7.30. The summed E-state index contributed by atoms with van der Waals surface area (Å²) in [6, 6.07) is 6.49. The zero-order chi connectivity index (χ0) is 18.9. The van der Waals surface area contributed by atoms with Gasteiger partial charge < -0.3 is 14.7 Å². The molecule has 26 heavy (non-hydrogen) atoms. The van der Waals surface area contributed by atoms with Crippen molar-refractivity contribution in [1.82, 2.24) is 0 Å². The van der Waals surface area contributed by atoms with Crippen molar-refractivity contribution in [3.63, 3.8) is 0 Å². The summed E-state index contributed by atoms with van der Waals surface area (Å²) < 4.78 is 28.7. The third kappa shape index (κ3) is 4.37. The lowest BCUT2D eigenvalue weighted by molar-refractivity contribution is -0.143. The van der Waals surface area contributed by atoms with Crippen LogP contribution in [0.5, 0.6) is 0 Å². The number of thioether (sulfide) groups is 1. The van der Waals surface area contributed by atoms with Crippen molar-refractivity contribution in [3.8, 4) is 0 Å². The van der Waals surface area contributed by atoms with Crippen molar-refractivity contribution >= 4 is 55.9 Å². The number of amides is 1. The standard InChI is InChI=1S/C15H15ClN2O6S2/c16-9-1-3-10(4-2-9)18-11-7-26(22,23)8-12(11)25-15(18)17-13(19)5-24-6-14(20)21/h1-4,11-12H,5-8H2,(H,20,21)/t11-,12-/m1/s1. The lowest BCUT2D eigenvalue weighted by Gasteiger charge is -2.24. The van der Waals surface area contributed by atoms with Crippen LogP contribution in [0.25, 0.3) is 0 Å². The molecular weight excluding hydrogens is 404 g/mol. The molecule has 8 nitrogen and oxygen atoms in total. The molecule has 140 valence electrons. The van der Waals surface area contributed by atoms with Gasteiger partial charge in [0.15, 0.2) is 15.0 Å². The van der Waals surface area contributed by atoms with Crippen LogP contribution in [0.15, 0.2) is 29.3 Å². The largest absolute Gasteiger partial charge is 0.480 e. The SMILES string of the molecule is O=C(O)COCC(=O)N=C1S[C@@H]2CS(=O)(=O)C[C@H]2N1c1ccc(Cl)cc1. The van der Waals surface area contributed by atoms with Gasteiger partial charge in [-0.15, -0.1) is 0 Å². The van der Waals surface area contributed by atoms with Crippen LogP contribution >= 0.6 is 23.4 Å². The number of sulfone groups is 1. The van der Waals surface area contributed by atoms with Gasteiger partial charge in [-0.3, -0.25) is 4.79 Å². The number of benzene rings is 1. The fraction of sp³-hybridized carbons (Fsp3) is 0.400. The molecule has 2 atom stereocenters. The fourth-order valence-electron chi connectivity index (χ4n) is 2.83. The van der Waals surface area contributed by atoms with E-state index in [0.29, 0.717) is 15.9 Å². The third-order valence-electron chi connectivity index (χ3n) is 3.84. The molecule has 0 aliphatic carbocycles. The van der Waals surface area contributed by atoms with Gasteiger partial charge in [-0.25, -0.2) is 13.2 Å². The van der Waals surface area contributed by atoms with Crippen molar-refractivity contribution in [2.45, 2.75) is 11.3 Å². The van der Waals surface area contributed by atoms with Gasteiger partial charge in [0.1, 0.15) is 13.2 Å². The van der Waals surface area contributed by atoms with Crippen molar-refractivity contribution in [2.24, 2.45) is 4.99 Å². The van der Waals surface area contributed by atoms with Crippen molar-refractivity contribution in [1.29, 1.82) is 0 Å². The zero-order valence-corrected chi connectivity index (χ0v) is 15.8. The van der Waals surface area contributed by atoms with Crippen LogP contribution in [0.3, 0.4) is 0 Å². The number of fused-ring (bicyclic) bond motifs is 1. The monoisotopic (exact) mass is 418 g/mol. The summed E-state index contributed by atoms with van der Waals surface area (Å²) in [6.45, 7) is -1.05. The second-order valence-electron chi connectivity index (χ2n) is 5.82. The summed E-state index contributed by atoms with van der Waals surface area (Å²) in [4.78, 5) is 28.1. The quantitative estimate of drug-likeness (QED) is 0.754. The van der Waals surface area contributed by atoms with Crippen LogP contribution < -0.4 is 4.90 Å². The Balaban J connectivity index is 1.84. The van der Waals surface area contributed by atoms with Crippen LogP contribution in [0, 0.1) is 0 Å². The Kier molecular flexibility index (Phi) is 5.56. The van der Waals surface area contributed by atoms with E-state index >= 15 is 0 Å². The molecule has 11 heteroatoms. The minimum absolute atomic E-state index is 0.0178. The highest BCUT2D eigenvalue weighted by atomic mass is 35.5. The van der Waals surface area contributed by atoms with E-state index in [1.54, 1.807) is 29.2 Å². The average Bonchev–Trinajstić information content (AvgIpc) is 2.99. The Bertz CT molecular complexity index is 855. The summed E-state index contributed by atoms with van der Waals surface area (Å²) in [5, 5.41) is 9.22. The molecule has 1 aromatic carbocycles. The maximum Gasteiger partial charge on any atom is 0.329 e. The zero-order valence-electron chi connectivity index (χ0n) is 13.4. The van der Waals surface area contributed by atoms with E-state index in [1.807, 2.05) is 0 Å². The lowest BCUT2D eigenvalue weighted by atomic mass is 10.2. The molecule has 2 saturated heterocycles. The van der Waals surface area contributed by atoms with Gasteiger partial charge >= 0.3 is 5.97 Å². The molecule has 1 N–H and O–H groups in total. The number of carboxylic acids is 1. The second kappa shape index (κ2) is 7.55. The molecule has 0 unspecified atom stereocenters. The topological polar surface area (TPSA) is 113 Å². The first kappa shape index (κ1) is 19.2. The maximum absolute atomic E-state index is 12.0. The van der Waals surface area contributed by atoms with Gasteiger partial charge in [0.05, 0.1) is 17.5 Å². The number of aliphatic carboxylic acids is 1. The number of rotatable bonds is 5. The van der Waals surface area contributed by atoms with E-state index < -0.39 is 34.9 Å². The number of hydrogen-bond acceptors (Lipinski definition) is 6. The van der Waals surface area contributed by atoms with E-state index in [0.717, 1.165) is 0 Å². The second-order valence-corrected chi connectivity index (χ2v) is 9.62. The van der Waals surface area contributed by atoms with Gasteiger partial charge in [0.2, 0.25) is 0 Å². The Morgan fingerprint density at radius 3 is 2.62 bits per heavy atom. The Hall–Kier alpha value is -1.62. The summed E-state index contributed by atoms with van der Waals surface area (Å²) in [6.07, 6.45) is 0. The van der Waals surface area contributed by atoms with Crippen LogP contribution in [0.4, 0.5) is 5.69 Å². The molecular formula is C15H15ClN2O6S2. The number of carbonyl (C=O) groups excluding carboxylic acids is 1. The molecule has 2 fully saturated rings. The van der Waals surface area contributed by atoms with Crippen LogP contribution in [-0.2, 0) is 24.2 Å². The fourth-order valence-corrected chi connectivity index (χ4v) is 6.89. The molecule has 0 bridgehead atoms. The maximum atomic E-state index is 12.0. The molecule has 1 aromatic rings. The summed E-state index contributed by atoms with van der Waals surface area (Å²) in [5.41, 5.74) is 0.685. The van der Waals surface area contributed by atoms with E-state index in [4.69, 9.17) is 21.4 Å². The first-order chi connectivity index (χ1) is 12.2. The van der Waals surface area contributed by atoms with Gasteiger partial charge in [-0.05, 0) is 24.3 Å². The van der Waals surface area contributed by atoms with Gasteiger partial charge in [0.25, 0.3) is 5.91 Å². The number of halogens is 1.